The van der Waals surface area contributed by atoms with E-state index < -0.39 is 8.03 Å². The molecular weight excluding hydrogens is 255 g/mol. The maximum absolute atomic E-state index is 11.5. The minimum absolute atomic E-state index is 0.0453. The van der Waals surface area contributed by atoms with E-state index in [1.54, 1.807) is 0 Å². The fourth-order valence-electron chi connectivity index (χ4n) is 2.95. The Morgan fingerprint density at radius 3 is 2.16 bits per heavy atom. The Balaban J connectivity index is 4.01. The van der Waals surface area contributed by atoms with E-state index in [0.717, 1.165) is 25.7 Å². The summed E-state index contributed by atoms with van der Waals surface area (Å²) in [7, 11) is -2.37. The van der Waals surface area contributed by atoms with E-state index in [4.69, 9.17) is 0 Å². The van der Waals surface area contributed by atoms with E-state index in [9.17, 15) is 9.46 Å². The van der Waals surface area contributed by atoms with Crippen molar-refractivity contribution in [2.45, 2.75) is 91.6 Å². The fourth-order valence-corrected chi connectivity index (χ4v) is 4.01. The van der Waals surface area contributed by atoms with E-state index in [-0.39, 0.29) is 5.66 Å². The van der Waals surface area contributed by atoms with Crippen molar-refractivity contribution in [2.24, 2.45) is 11.3 Å². The Labute approximate surface area is 121 Å². The van der Waals surface area contributed by atoms with Gasteiger partial charge in [-0.05, 0) is 30.6 Å². The van der Waals surface area contributed by atoms with Gasteiger partial charge in [-0.15, -0.1) is 0 Å². The molecule has 3 heteroatoms. The molecule has 0 aromatic rings. The molecule has 0 heterocycles. The molecule has 1 N–H and O–H groups in total. The Kier molecular flexibility index (Phi) is 10.1. The van der Waals surface area contributed by atoms with Crippen molar-refractivity contribution in [2.75, 3.05) is 0 Å². The standard InChI is InChI=1S/C16H35O2P/c1-6-7-8-9-10-11-15(19(17)18)12-14(2)13-16(3,4)5/h14-15,19H,6-13H2,1-5H3,(H,17,18). The molecule has 3 unspecified atom stereocenters. The molecule has 0 aliphatic carbocycles. The van der Waals surface area contributed by atoms with Crippen molar-refractivity contribution in [3.8, 4) is 0 Å². The molecular formula is C16H35O2P. The average Bonchev–Trinajstić information content (AvgIpc) is 2.24. The molecule has 0 aromatic carbocycles. The van der Waals surface area contributed by atoms with Crippen LogP contribution in [0.5, 0.6) is 0 Å². The van der Waals surface area contributed by atoms with Gasteiger partial charge in [-0.25, -0.2) is 0 Å². The van der Waals surface area contributed by atoms with Gasteiger partial charge in [0.1, 0.15) is 0 Å². The Morgan fingerprint density at radius 1 is 1.11 bits per heavy atom. The number of rotatable bonds is 10. The molecule has 0 radical (unpaired) electrons. The number of hydrogen-bond donors (Lipinski definition) is 1. The highest BCUT2D eigenvalue weighted by Crippen LogP contribution is 2.36. The van der Waals surface area contributed by atoms with Crippen molar-refractivity contribution in [3.63, 3.8) is 0 Å². The topological polar surface area (TPSA) is 37.3 Å². The first-order chi connectivity index (χ1) is 8.76. The van der Waals surface area contributed by atoms with Gasteiger partial charge in [0.25, 0.3) is 0 Å². The van der Waals surface area contributed by atoms with Crippen LogP contribution in [0.25, 0.3) is 0 Å². The maximum atomic E-state index is 11.5. The molecule has 0 aliphatic rings. The van der Waals surface area contributed by atoms with Crippen LogP contribution in [0.15, 0.2) is 0 Å². The molecule has 0 rings (SSSR count). The quantitative estimate of drug-likeness (QED) is 0.417. The van der Waals surface area contributed by atoms with Crippen molar-refractivity contribution in [1.29, 1.82) is 0 Å². The highest BCUT2D eigenvalue weighted by molar-refractivity contribution is 7.38. The lowest BCUT2D eigenvalue weighted by molar-refractivity contribution is 0.289. The SMILES string of the molecule is CCCCCCCC(CC(C)CC(C)(C)C)[PH](=O)O. The highest BCUT2D eigenvalue weighted by atomic mass is 31.1. The first-order valence-corrected chi connectivity index (χ1v) is 9.42. The largest absolute Gasteiger partial charge is 0.346 e. The van der Waals surface area contributed by atoms with Gasteiger partial charge in [0.15, 0.2) is 8.03 Å². The summed E-state index contributed by atoms with van der Waals surface area (Å²) in [5, 5.41) is 0. The lowest BCUT2D eigenvalue weighted by atomic mass is 9.83. The van der Waals surface area contributed by atoms with Crippen LogP contribution in [-0.2, 0) is 4.57 Å². The smallest absolute Gasteiger partial charge is 0.192 e. The van der Waals surface area contributed by atoms with Crippen LogP contribution in [0, 0.1) is 11.3 Å². The van der Waals surface area contributed by atoms with Crippen molar-refractivity contribution >= 4 is 8.03 Å². The van der Waals surface area contributed by atoms with Crippen LogP contribution in [0.4, 0.5) is 0 Å². The molecule has 116 valence electrons. The predicted molar refractivity (Wildman–Crippen MR) is 86.2 cm³/mol. The van der Waals surface area contributed by atoms with Gasteiger partial charge in [0.05, 0.1) is 0 Å². The van der Waals surface area contributed by atoms with Gasteiger partial charge < -0.3 is 4.89 Å². The van der Waals surface area contributed by atoms with Gasteiger partial charge in [0, 0.05) is 5.66 Å². The van der Waals surface area contributed by atoms with Crippen molar-refractivity contribution in [1.82, 2.24) is 0 Å². The summed E-state index contributed by atoms with van der Waals surface area (Å²) in [4.78, 5) is 9.51. The van der Waals surface area contributed by atoms with E-state index in [1.165, 1.54) is 25.7 Å². The summed E-state index contributed by atoms with van der Waals surface area (Å²) in [6.45, 7) is 11.2. The second-order valence-corrected chi connectivity index (χ2v) is 8.84. The molecule has 0 spiro atoms. The van der Waals surface area contributed by atoms with Crippen molar-refractivity contribution in [3.05, 3.63) is 0 Å². The molecule has 3 atom stereocenters. The van der Waals surface area contributed by atoms with E-state index in [0.29, 0.717) is 11.3 Å². The van der Waals surface area contributed by atoms with E-state index in [1.807, 2.05) is 0 Å². The van der Waals surface area contributed by atoms with E-state index in [2.05, 4.69) is 34.6 Å². The third-order valence-corrected chi connectivity index (χ3v) is 4.88. The average molecular weight is 290 g/mol. The van der Waals surface area contributed by atoms with Crippen LogP contribution < -0.4 is 0 Å². The zero-order chi connectivity index (χ0) is 14.9. The Morgan fingerprint density at radius 2 is 1.68 bits per heavy atom. The van der Waals surface area contributed by atoms with Crippen LogP contribution >= 0.6 is 8.03 Å². The lowest BCUT2D eigenvalue weighted by Gasteiger charge is -2.25. The predicted octanol–water partition coefficient (Wildman–Crippen LogP) is 5.64. The summed E-state index contributed by atoms with van der Waals surface area (Å²) in [5.74, 6) is 0.543. The lowest BCUT2D eigenvalue weighted by Crippen LogP contribution is -2.15. The van der Waals surface area contributed by atoms with Crippen LogP contribution in [0.3, 0.4) is 0 Å². The molecule has 0 saturated carbocycles. The molecule has 2 nitrogen and oxygen atoms in total. The molecule has 0 saturated heterocycles. The van der Waals surface area contributed by atoms with Gasteiger partial charge in [0.2, 0.25) is 0 Å². The second kappa shape index (κ2) is 10.00. The van der Waals surface area contributed by atoms with Gasteiger partial charge in [-0.1, -0.05) is 66.7 Å². The fraction of sp³-hybridized carbons (Fsp3) is 1.00. The third-order valence-electron chi connectivity index (χ3n) is 3.65. The number of hydrogen-bond acceptors (Lipinski definition) is 1. The van der Waals surface area contributed by atoms with Crippen LogP contribution in [0.2, 0.25) is 0 Å². The molecule has 0 aliphatic heterocycles. The Bertz CT molecular complexity index is 246. The minimum Gasteiger partial charge on any atom is -0.346 e. The molecule has 0 amide bonds. The van der Waals surface area contributed by atoms with Crippen LogP contribution in [0.1, 0.15) is 86.0 Å². The van der Waals surface area contributed by atoms with Crippen LogP contribution in [-0.4, -0.2) is 10.6 Å². The number of unbranched alkanes of at least 4 members (excludes halogenated alkanes) is 4. The van der Waals surface area contributed by atoms with Gasteiger partial charge in [-0.2, -0.15) is 0 Å². The first kappa shape index (κ1) is 19.2. The van der Waals surface area contributed by atoms with Gasteiger partial charge in [-0.3, -0.25) is 4.57 Å². The highest BCUT2D eigenvalue weighted by Gasteiger charge is 2.21. The summed E-state index contributed by atoms with van der Waals surface area (Å²) >= 11 is 0. The normalized spacial score (nSPS) is 17.2. The molecule has 0 aromatic heterocycles. The van der Waals surface area contributed by atoms with Crippen molar-refractivity contribution < 1.29 is 9.46 Å². The van der Waals surface area contributed by atoms with Gasteiger partial charge >= 0.3 is 0 Å². The summed E-state index contributed by atoms with van der Waals surface area (Å²) < 4.78 is 11.5. The second-order valence-electron chi connectivity index (χ2n) is 7.34. The Hall–Kier alpha value is 0.190. The first-order valence-electron chi connectivity index (χ1n) is 7.99. The maximum Gasteiger partial charge on any atom is 0.192 e. The monoisotopic (exact) mass is 290 g/mol. The molecule has 0 bridgehead atoms. The minimum atomic E-state index is -2.37. The van der Waals surface area contributed by atoms with E-state index >= 15 is 0 Å². The zero-order valence-corrected chi connectivity index (χ0v) is 14.7. The molecule has 19 heavy (non-hydrogen) atoms. The summed E-state index contributed by atoms with van der Waals surface area (Å²) in [6.07, 6.45) is 9.13. The summed E-state index contributed by atoms with van der Waals surface area (Å²) in [5.41, 5.74) is 0.361. The third kappa shape index (κ3) is 11.7. The zero-order valence-electron chi connectivity index (χ0n) is 13.7. The summed E-state index contributed by atoms with van der Waals surface area (Å²) in [6, 6.07) is 0. The molecule has 0 fully saturated rings.